The van der Waals surface area contributed by atoms with Crippen LogP contribution < -0.4 is 0 Å². The van der Waals surface area contributed by atoms with Gasteiger partial charge in [0.1, 0.15) is 0 Å². The van der Waals surface area contributed by atoms with E-state index < -0.39 is 5.97 Å². The van der Waals surface area contributed by atoms with E-state index >= 15 is 0 Å². The Bertz CT molecular complexity index is 624. The highest BCUT2D eigenvalue weighted by atomic mass is 16.5. The van der Waals surface area contributed by atoms with Crippen LogP contribution in [0.3, 0.4) is 0 Å². The summed E-state index contributed by atoms with van der Waals surface area (Å²) in [5.74, 6) is -1.36. The second-order valence-corrected chi connectivity index (χ2v) is 8.77. The van der Waals surface area contributed by atoms with Crippen molar-refractivity contribution in [2.45, 2.75) is 117 Å². The Kier molecular flexibility index (Phi) is 15.6. The molecule has 0 fully saturated rings. The topological polar surface area (TPSA) is 63.6 Å². The van der Waals surface area contributed by atoms with E-state index in [9.17, 15) is 9.59 Å². The number of hydrogen-bond donors (Lipinski definition) is 1. The number of ether oxygens (including phenoxy) is 1. The number of aryl methyl sites for hydroxylation is 1. The van der Waals surface area contributed by atoms with Crippen molar-refractivity contribution in [1.29, 1.82) is 0 Å². The minimum absolute atomic E-state index is 0.187. The average molecular weight is 433 g/mol. The fourth-order valence-corrected chi connectivity index (χ4v) is 3.92. The molecule has 0 spiro atoms. The highest BCUT2D eigenvalue weighted by molar-refractivity contribution is 5.94. The van der Waals surface area contributed by atoms with Crippen LogP contribution in [0.5, 0.6) is 0 Å². The van der Waals surface area contributed by atoms with Crippen molar-refractivity contribution in [2.75, 3.05) is 6.61 Å². The smallest absolute Gasteiger partial charge is 0.338 e. The predicted molar refractivity (Wildman–Crippen MR) is 128 cm³/mol. The van der Waals surface area contributed by atoms with E-state index in [4.69, 9.17) is 9.84 Å². The van der Waals surface area contributed by atoms with E-state index in [1.54, 1.807) is 6.92 Å². The van der Waals surface area contributed by atoms with Crippen LogP contribution in [0.4, 0.5) is 0 Å². The van der Waals surface area contributed by atoms with E-state index in [1.165, 1.54) is 108 Å². The van der Waals surface area contributed by atoms with Gasteiger partial charge in [-0.15, -0.1) is 0 Å². The number of hydrogen-bond acceptors (Lipinski definition) is 3. The lowest BCUT2D eigenvalue weighted by molar-refractivity contribution is 0.0495. The lowest BCUT2D eigenvalue weighted by Crippen LogP contribution is -2.09. The first kappa shape index (κ1) is 27.2. The molecule has 176 valence electrons. The van der Waals surface area contributed by atoms with Crippen molar-refractivity contribution in [1.82, 2.24) is 0 Å². The molecule has 0 aliphatic heterocycles. The zero-order valence-electron chi connectivity index (χ0n) is 19.9. The molecule has 1 rings (SSSR count). The summed E-state index contributed by atoms with van der Waals surface area (Å²) in [7, 11) is 0. The molecule has 4 heteroatoms. The molecule has 0 bridgehead atoms. The van der Waals surface area contributed by atoms with Gasteiger partial charge in [0.05, 0.1) is 17.7 Å². The second kappa shape index (κ2) is 17.8. The Hall–Kier alpha value is -1.84. The lowest BCUT2D eigenvalue weighted by Gasteiger charge is -2.08. The third kappa shape index (κ3) is 13.2. The standard InChI is InChI=1S/C27H44O4/c1-3-4-5-6-7-8-9-10-11-12-13-14-15-16-17-18-21-31-27(30)25-20-19-24(26(28)29)22-23(25)2/h19-20,22H,3-18,21H2,1-2H3,(H,28,29). The van der Waals surface area contributed by atoms with Gasteiger partial charge in [-0.05, 0) is 37.1 Å². The van der Waals surface area contributed by atoms with Crippen molar-refractivity contribution in [3.8, 4) is 0 Å². The van der Waals surface area contributed by atoms with Crippen LogP contribution in [0.2, 0.25) is 0 Å². The van der Waals surface area contributed by atoms with E-state index in [0.29, 0.717) is 17.7 Å². The summed E-state index contributed by atoms with van der Waals surface area (Å²) < 4.78 is 5.34. The number of unbranched alkanes of at least 4 members (excludes halogenated alkanes) is 15. The van der Waals surface area contributed by atoms with Gasteiger partial charge in [-0.2, -0.15) is 0 Å². The van der Waals surface area contributed by atoms with Crippen molar-refractivity contribution in [3.05, 3.63) is 34.9 Å². The Balaban J connectivity index is 1.91. The summed E-state index contributed by atoms with van der Waals surface area (Å²) >= 11 is 0. The number of carboxylic acids is 1. The minimum Gasteiger partial charge on any atom is -0.478 e. The van der Waals surface area contributed by atoms with Gasteiger partial charge in [-0.3, -0.25) is 0 Å². The number of rotatable bonds is 19. The van der Waals surface area contributed by atoms with Gasteiger partial charge in [0.25, 0.3) is 0 Å². The molecular formula is C27H44O4. The van der Waals surface area contributed by atoms with Crippen molar-refractivity contribution < 1.29 is 19.4 Å². The van der Waals surface area contributed by atoms with Gasteiger partial charge in [0, 0.05) is 0 Å². The number of carbonyl (C=O) groups is 2. The average Bonchev–Trinajstić information content (AvgIpc) is 2.75. The van der Waals surface area contributed by atoms with Crippen molar-refractivity contribution in [2.24, 2.45) is 0 Å². The Morgan fingerprint density at radius 2 is 1.19 bits per heavy atom. The molecule has 1 N–H and O–H groups in total. The van der Waals surface area contributed by atoms with Gasteiger partial charge in [0.15, 0.2) is 0 Å². The van der Waals surface area contributed by atoms with Gasteiger partial charge in [-0.1, -0.05) is 103 Å². The SMILES string of the molecule is CCCCCCCCCCCCCCCCCCOC(=O)c1ccc(C(=O)O)cc1C. The molecule has 0 heterocycles. The molecule has 0 aliphatic carbocycles. The van der Waals surface area contributed by atoms with Crippen LogP contribution in [0.25, 0.3) is 0 Å². The second-order valence-electron chi connectivity index (χ2n) is 8.77. The fraction of sp³-hybridized carbons (Fsp3) is 0.704. The molecule has 0 saturated heterocycles. The Labute approximate surface area is 189 Å². The quantitative estimate of drug-likeness (QED) is 0.177. The van der Waals surface area contributed by atoms with Crippen LogP contribution in [0.15, 0.2) is 18.2 Å². The molecule has 0 atom stereocenters. The molecule has 1 aromatic rings. The summed E-state index contributed by atoms with van der Waals surface area (Å²) in [4.78, 5) is 23.1. The number of carbonyl (C=O) groups excluding carboxylic acids is 1. The maximum atomic E-state index is 12.1. The fourth-order valence-electron chi connectivity index (χ4n) is 3.92. The summed E-state index contributed by atoms with van der Waals surface area (Å²) in [6.45, 7) is 4.43. The molecule has 31 heavy (non-hydrogen) atoms. The van der Waals surface area contributed by atoms with Gasteiger partial charge < -0.3 is 9.84 Å². The van der Waals surface area contributed by atoms with E-state index in [0.717, 1.165) is 12.8 Å². The molecular weight excluding hydrogens is 388 g/mol. The van der Waals surface area contributed by atoms with E-state index in [2.05, 4.69) is 6.92 Å². The number of carboxylic acid groups (broad SMARTS) is 1. The first-order valence-corrected chi connectivity index (χ1v) is 12.6. The van der Waals surface area contributed by atoms with Gasteiger partial charge in [0.2, 0.25) is 0 Å². The predicted octanol–water partition coefficient (Wildman–Crippen LogP) is 8.11. The monoisotopic (exact) mass is 432 g/mol. The Morgan fingerprint density at radius 1 is 0.742 bits per heavy atom. The number of esters is 1. The third-order valence-electron chi connectivity index (χ3n) is 5.92. The van der Waals surface area contributed by atoms with Crippen LogP contribution in [0, 0.1) is 6.92 Å². The largest absolute Gasteiger partial charge is 0.478 e. The van der Waals surface area contributed by atoms with Crippen LogP contribution in [-0.4, -0.2) is 23.7 Å². The van der Waals surface area contributed by atoms with Crippen molar-refractivity contribution >= 4 is 11.9 Å². The molecule has 1 aromatic carbocycles. The zero-order chi connectivity index (χ0) is 22.7. The zero-order valence-corrected chi connectivity index (χ0v) is 19.9. The van der Waals surface area contributed by atoms with E-state index in [1.807, 2.05) is 0 Å². The van der Waals surface area contributed by atoms with Gasteiger partial charge in [-0.25, -0.2) is 9.59 Å². The molecule has 0 saturated carbocycles. The number of benzene rings is 1. The maximum absolute atomic E-state index is 12.1. The molecule has 0 amide bonds. The molecule has 0 unspecified atom stereocenters. The molecule has 0 aromatic heterocycles. The Morgan fingerprint density at radius 3 is 1.61 bits per heavy atom. The summed E-state index contributed by atoms with van der Waals surface area (Å²) in [6.07, 6.45) is 21.1. The van der Waals surface area contributed by atoms with Crippen molar-refractivity contribution in [3.63, 3.8) is 0 Å². The minimum atomic E-state index is -0.990. The highest BCUT2D eigenvalue weighted by Gasteiger charge is 2.12. The van der Waals surface area contributed by atoms with E-state index in [-0.39, 0.29) is 11.5 Å². The molecule has 4 nitrogen and oxygen atoms in total. The first-order chi connectivity index (χ1) is 15.1. The van der Waals surface area contributed by atoms with Crippen LogP contribution >= 0.6 is 0 Å². The first-order valence-electron chi connectivity index (χ1n) is 12.6. The van der Waals surface area contributed by atoms with Crippen LogP contribution in [0.1, 0.15) is 136 Å². The molecule has 0 aliphatic rings. The lowest BCUT2D eigenvalue weighted by atomic mass is 10.0. The molecule has 0 radical (unpaired) electrons. The van der Waals surface area contributed by atoms with Gasteiger partial charge >= 0.3 is 11.9 Å². The third-order valence-corrected chi connectivity index (χ3v) is 5.92. The highest BCUT2D eigenvalue weighted by Crippen LogP contribution is 2.15. The summed E-state index contributed by atoms with van der Waals surface area (Å²) in [5.41, 5.74) is 1.27. The number of aromatic carboxylic acids is 1. The maximum Gasteiger partial charge on any atom is 0.338 e. The summed E-state index contributed by atoms with van der Waals surface area (Å²) in [6, 6.07) is 4.49. The normalized spacial score (nSPS) is 10.9. The summed E-state index contributed by atoms with van der Waals surface area (Å²) in [5, 5.41) is 8.99. The van der Waals surface area contributed by atoms with Crippen LogP contribution in [-0.2, 0) is 4.74 Å².